The van der Waals surface area contributed by atoms with E-state index < -0.39 is 29.9 Å². The minimum absolute atomic E-state index is 0.0722. The molecular formula is C30H40N6O6. The number of hydrogen-bond donors (Lipinski definition) is 4. The Morgan fingerprint density at radius 1 is 1.05 bits per heavy atom. The SMILES string of the molecule is CCOC(=O)N1CCN(C(=O)[C@H](CCC(=O)O)NC(=O)c2cc(NCC3CCNCC3)cc(-c3ccccc3)n2)CC1. The zero-order valence-corrected chi connectivity index (χ0v) is 24.0. The number of anilines is 1. The van der Waals surface area contributed by atoms with Crippen LogP contribution in [0, 0.1) is 5.92 Å². The Morgan fingerprint density at radius 3 is 2.40 bits per heavy atom. The number of piperazine rings is 1. The summed E-state index contributed by atoms with van der Waals surface area (Å²) in [5.41, 5.74) is 2.33. The van der Waals surface area contributed by atoms with Crippen molar-refractivity contribution in [3.63, 3.8) is 0 Å². The standard InChI is InChI=1S/C30H40N6O6/c1-2-42-30(41)36-16-14-35(15-17-36)29(40)24(8-9-27(37)38)34-28(39)26-19-23(32-20-21-10-12-31-13-11-21)18-25(33-26)22-6-4-3-5-7-22/h3-7,18-19,21,24,31H,2,8-17,20H2,1H3,(H,32,33)(H,34,39)(H,37,38)/t24-/m0/s1. The van der Waals surface area contributed by atoms with Crippen LogP contribution >= 0.6 is 0 Å². The minimum atomic E-state index is -1.07. The van der Waals surface area contributed by atoms with Gasteiger partial charge in [-0.15, -0.1) is 0 Å². The Kier molecular flexibility index (Phi) is 11.1. The van der Waals surface area contributed by atoms with E-state index in [4.69, 9.17) is 4.74 Å². The molecule has 0 aliphatic carbocycles. The Hall–Kier alpha value is -4.19. The number of benzene rings is 1. The highest BCUT2D eigenvalue weighted by molar-refractivity contribution is 5.97. The summed E-state index contributed by atoms with van der Waals surface area (Å²) in [6.45, 7) is 5.80. The van der Waals surface area contributed by atoms with Crippen molar-refractivity contribution in [2.75, 3.05) is 57.7 Å². The van der Waals surface area contributed by atoms with Crippen LogP contribution in [-0.2, 0) is 14.3 Å². The number of aromatic nitrogens is 1. The lowest BCUT2D eigenvalue weighted by molar-refractivity contribution is -0.138. The molecule has 42 heavy (non-hydrogen) atoms. The molecule has 2 aliphatic rings. The van der Waals surface area contributed by atoms with Crippen molar-refractivity contribution in [1.82, 2.24) is 25.4 Å². The second-order valence-electron chi connectivity index (χ2n) is 10.5. The zero-order valence-electron chi connectivity index (χ0n) is 24.0. The van der Waals surface area contributed by atoms with E-state index in [9.17, 15) is 24.3 Å². The molecule has 0 spiro atoms. The molecule has 0 saturated carbocycles. The van der Waals surface area contributed by atoms with Gasteiger partial charge < -0.3 is 35.6 Å². The smallest absolute Gasteiger partial charge is 0.409 e. The van der Waals surface area contributed by atoms with Gasteiger partial charge in [0.1, 0.15) is 11.7 Å². The molecule has 12 nitrogen and oxygen atoms in total. The first-order valence-electron chi connectivity index (χ1n) is 14.6. The van der Waals surface area contributed by atoms with Crippen molar-refractivity contribution >= 4 is 29.6 Å². The second-order valence-corrected chi connectivity index (χ2v) is 10.5. The molecule has 1 aromatic carbocycles. The van der Waals surface area contributed by atoms with Gasteiger partial charge in [0, 0.05) is 50.4 Å². The minimum Gasteiger partial charge on any atom is -0.481 e. The number of nitrogens with one attached hydrogen (secondary N) is 3. The first kappa shape index (κ1) is 30.8. The fraction of sp³-hybridized carbons (Fsp3) is 0.500. The lowest BCUT2D eigenvalue weighted by Gasteiger charge is -2.35. The van der Waals surface area contributed by atoms with E-state index in [2.05, 4.69) is 20.9 Å². The average molecular weight is 581 g/mol. The van der Waals surface area contributed by atoms with E-state index >= 15 is 0 Å². The molecule has 0 bridgehead atoms. The summed E-state index contributed by atoms with van der Waals surface area (Å²) in [4.78, 5) is 58.1. The summed E-state index contributed by atoms with van der Waals surface area (Å²) >= 11 is 0. The summed E-state index contributed by atoms with van der Waals surface area (Å²) in [6, 6.07) is 12.0. The van der Waals surface area contributed by atoms with Crippen LogP contribution in [0.2, 0.25) is 0 Å². The molecular weight excluding hydrogens is 540 g/mol. The second kappa shape index (κ2) is 15.2. The normalized spacial score (nSPS) is 16.4. The number of carbonyl (C=O) groups excluding carboxylic acids is 3. The molecule has 0 unspecified atom stereocenters. The molecule has 4 rings (SSSR count). The number of nitrogens with zero attached hydrogens (tertiary/aromatic N) is 3. The van der Waals surface area contributed by atoms with E-state index in [1.54, 1.807) is 17.9 Å². The molecule has 4 N–H and O–H groups in total. The van der Waals surface area contributed by atoms with Gasteiger partial charge in [-0.25, -0.2) is 9.78 Å². The van der Waals surface area contributed by atoms with Gasteiger partial charge in [0.2, 0.25) is 5.91 Å². The third-order valence-electron chi connectivity index (χ3n) is 7.55. The number of carbonyl (C=O) groups is 4. The van der Waals surface area contributed by atoms with Crippen LogP contribution in [0.4, 0.5) is 10.5 Å². The highest BCUT2D eigenvalue weighted by Gasteiger charge is 2.31. The Morgan fingerprint density at radius 2 is 1.74 bits per heavy atom. The number of hydrogen-bond acceptors (Lipinski definition) is 8. The molecule has 2 aliphatic heterocycles. The number of rotatable bonds is 11. The fourth-order valence-electron chi connectivity index (χ4n) is 5.16. The number of pyridine rings is 1. The Labute approximate surface area is 245 Å². The van der Waals surface area contributed by atoms with Gasteiger partial charge in [-0.1, -0.05) is 30.3 Å². The van der Waals surface area contributed by atoms with Crippen molar-refractivity contribution in [2.24, 2.45) is 5.92 Å². The summed E-state index contributed by atoms with van der Waals surface area (Å²) in [5.74, 6) is -1.51. The summed E-state index contributed by atoms with van der Waals surface area (Å²) in [6.07, 6.45) is 1.34. The molecule has 2 fully saturated rings. The first-order chi connectivity index (χ1) is 20.3. The highest BCUT2D eigenvalue weighted by atomic mass is 16.6. The topological polar surface area (TPSA) is 153 Å². The van der Waals surface area contributed by atoms with Crippen LogP contribution in [0.15, 0.2) is 42.5 Å². The van der Waals surface area contributed by atoms with Crippen LogP contribution < -0.4 is 16.0 Å². The molecule has 12 heteroatoms. The molecule has 0 radical (unpaired) electrons. The lowest BCUT2D eigenvalue weighted by atomic mass is 9.98. The summed E-state index contributed by atoms with van der Waals surface area (Å²) in [7, 11) is 0. The fourth-order valence-corrected chi connectivity index (χ4v) is 5.16. The van der Waals surface area contributed by atoms with Gasteiger partial charge in [0.05, 0.1) is 12.3 Å². The maximum atomic E-state index is 13.5. The largest absolute Gasteiger partial charge is 0.481 e. The molecule has 2 saturated heterocycles. The lowest BCUT2D eigenvalue weighted by Crippen LogP contribution is -2.56. The average Bonchev–Trinajstić information content (AvgIpc) is 3.02. The maximum absolute atomic E-state index is 13.5. The van der Waals surface area contributed by atoms with E-state index in [0.29, 0.717) is 11.6 Å². The number of amides is 3. The predicted octanol–water partition coefficient (Wildman–Crippen LogP) is 2.42. The van der Waals surface area contributed by atoms with Gasteiger partial charge in [0.15, 0.2) is 0 Å². The molecule has 226 valence electrons. The first-order valence-corrected chi connectivity index (χ1v) is 14.6. The van der Waals surface area contributed by atoms with Crippen molar-refractivity contribution < 1.29 is 29.0 Å². The van der Waals surface area contributed by atoms with Crippen molar-refractivity contribution in [1.29, 1.82) is 0 Å². The van der Waals surface area contributed by atoms with Crippen LogP contribution in [0.25, 0.3) is 11.3 Å². The van der Waals surface area contributed by atoms with E-state index in [1.165, 1.54) is 4.90 Å². The van der Waals surface area contributed by atoms with Gasteiger partial charge in [-0.3, -0.25) is 14.4 Å². The van der Waals surface area contributed by atoms with Gasteiger partial charge >= 0.3 is 12.1 Å². The molecule has 3 heterocycles. The zero-order chi connectivity index (χ0) is 29.9. The molecule has 1 atom stereocenters. The van der Waals surface area contributed by atoms with Crippen LogP contribution in [0.5, 0.6) is 0 Å². The van der Waals surface area contributed by atoms with Gasteiger partial charge in [-0.05, 0) is 57.3 Å². The molecule has 1 aromatic heterocycles. The van der Waals surface area contributed by atoms with Crippen molar-refractivity contribution in [2.45, 2.75) is 38.6 Å². The third kappa shape index (κ3) is 8.65. The quantitative estimate of drug-likeness (QED) is 0.314. The predicted molar refractivity (Wildman–Crippen MR) is 157 cm³/mol. The van der Waals surface area contributed by atoms with Gasteiger partial charge in [0.25, 0.3) is 5.91 Å². The maximum Gasteiger partial charge on any atom is 0.409 e. The van der Waals surface area contributed by atoms with Crippen LogP contribution in [0.3, 0.4) is 0 Å². The van der Waals surface area contributed by atoms with Crippen molar-refractivity contribution in [3.8, 4) is 11.3 Å². The van der Waals surface area contributed by atoms with Crippen LogP contribution in [-0.4, -0.2) is 102 Å². The summed E-state index contributed by atoms with van der Waals surface area (Å²) in [5, 5.41) is 18.9. The molecule has 3 amide bonds. The number of ether oxygens (including phenoxy) is 1. The number of piperidine rings is 1. The Bertz CT molecular complexity index is 1230. The number of carboxylic acids is 1. The van der Waals surface area contributed by atoms with Crippen LogP contribution in [0.1, 0.15) is 43.1 Å². The number of aliphatic carboxylic acids is 1. The van der Waals surface area contributed by atoms with E-state index in [-0.39, 0.29) is 51.3 Å². The molecule has 2 aromatic rings. The Balaban J connectivity index is 1.50. The number of carboxylic acid groups (broad SMARTS) is 1. The summed E-state index contributed by atoms with van der Waals surface area (Å²) < 4.78 is 5.04. The van der Waals surface area contributed by atoms with E-state index in [1.807, 2.05) is 36.4 Å². The monoisotopic (exact) mass is 580 g/mol. The highest BCUT2D eigenvalue weighted by Crippen LogP contribution is 2.23. The van der Waals surface area contributed by atoms with Gasteiger partial charge in [-0.2, -0.15) is 0 Å². The third-order valence-corrected chi connectivity index (χ3v) is 7.55. The van der Waals surface area contributed by atoms with Crippen molar-refractivity contribution in [3.05, 3.63) is 48.2 Å². The van der Waals surface area contributed by atoms with E-state index in [0.717, 1.165) is 43.7 Å².